The van der Waals surface area contributed by atoms with E-state index in [1.165, 1.54) is 64.2 Å². The number of rotatable bonds is 10. The molecule has 18 heavy (non-hydrogen) atoms. The standard InChI is InChI=1S/C16H33NO/c1-3-4-5-6-7-10-15(2)17-13-16(14-18)11-8-9-12-16/h15,17-18H,3-14H2,1-2H3. The zero-order valence-electron chi connectivity index (χ0n) is 12.5. The number of unbranched alkanes of at least 4 members (excludes halogenated alkanes) is 4. The van der Waals surface area contributed by atoms with Crippen LogP contribution in [0.2, 0.25) is 0 Å². The molecule has 0 amide bonds. The van der Waals surface area contributed by atoms with Crippen molar-refractivity contribution in [2.45, 2.75) is 84.1 Å². The van der Waals surface area contributed by atoms with Gasteiger partial charge in [0.25, 0.3) is 0 Å². The molecule has 0 aromatic carbocycles. The molecular formula is C16H33NO. The van der Waals surface area contributed by atoms with Crippen LogP contribution in [0.3, 0.4) is 0 Å². The van der Waals surface area contributed by atoms with E-state index in [4.69, 9.17) is 0 Å². The smallest absolute Gasteiger partial charge is 0.0499 e. The summed E-state index contributed by atoms with van der Waals surface area (Å²) in [6.45, 7) is 5.93. The quantitative estimate of drug-likeness (QED) is 0.581. The summed E-state index contributed by atoms with van der Waals surface area (Å²) in [6.07, 6.45) is 13.1. The van der Waals surface area contributed by atoms with Gasteiger partial charge in [0.05, 0.1) is 0 Å². The molecule has 108 valence electrons. The zero-order chi connectivity index (χ0) is 13.3. The largest absolute Gasteiger partial charge is 0.396 e. The molecule has 0 bridgehead atoms. The average Bonchev–Trinajstić information content (AvgIpc) is 2.86. The fraction of sp³-hybridized carbons (Fsp3) is 1.00. The molecule has 1 unspecified atom stereocenters. The summed E-state index contributed by atoms with van der Waals surface area (Å²) in [7, 11) is 0. The van der Waals surface area contributed by atoms with Gasteiger partial charge in [0.15, 0.2) is 0 Å². The maximum absolute atomic E-state index is 9.56. The highest BCUT2D eigenvalue weighted by molar-refractivity contribution is 4.86. The molecule has 1 rings (SSSR count). The van der Waals surface area contributed by atoms with Crippen molar-refractivity contribution in [2.24, 2.45) is 5.41 Å². The summed E-state index contributed by atoms with van der Waals surface area (Å²) >= 11 is 0. The first kappa shape index (κ1) is 16.0. The van der Waals surface area contributed by atoms with Crippen molar-refractivity contribution in [3.05, 3.63) is 0 Å². The van der Waals surface area contributed by atoms with Crippen LogP contribution in [0.5, 0.6) is 0 Å². The third-order valence-electron chi connectivity index (χ3n) is 4.57. The Hall–Kier alpha value is -0.0800. The van der Waals surface area contributed by atoms with Crippen molar-refractivity contribution in [3.8, 4) is 0 Å². The van der Waals surface area contributed by atoms with E-state index < -0.39 is 0 Å². The predicted molar refractivity (Wildman–Crippen MR) is 78.8 cm³/mol. The zero-order valence-corrected chi connectivity index (χ0v) is 12.5. The molecule has 1 saturated carbocycles. The van der Waals surface area contributed by atoms with E-state index in [0.29, 0.717) is 12.6 Å². The van der Waals surface area contributed by atoms with Crippen LogP contribution in [0.1, 0.15) is 78.1 Å². The van der Waals surface area contributed by atoms with Gasteiger partial charge in [-0.15, -0.1) is 0 Å². The molecular weight excluding hydrogens is 222 g/mol. The van der Waals surface area contributed by atoms with E-state index in [0.717, 1.165) is 6.54 Å². The number of nitrogens with one attached hydrogen (secondary N) is 1. The summed E-state index contributed by atoms with van der Waals surface area (Å²) in [4.78, 5) is 0. The lowest BCUT2D eigenvalue weighted by atomic mass is 9.87. The molecule has 0 aliphatic heterocycles. The third kappa shape index (κ3) is 5.71. The van der Waals surface area contributed by atoms with Crippen molar-refractivity contribution in [1.29, 1.82) is 0 Å². The minimum atomic E-state index is 0.205. The van der Waals surface area contributed by atoms with Crippen molar-refractivity contribution in [2.75, 3.05) is 13.2 Å². The second-order valence-corrected chi connectivity index (χ2v) is 6.35. The molecule has 1 aliphatic rings. The Kier molecular flexibility index (Phi) is 7.92. The summed E-state index contributed by atoms with van der Waals surface area (Å²) < 4.78 is 0. The Morgan fingerprint density at radius 2 is 1.78 bits per heavy atom. The van der Waals surface area contributed by atoms with E-state index in [1.54, 1.807) is 0 Å². The van der Waals surface area contributed by atoms with Gasteiger partial charge in [-0.2, -0.15) is 0 Å². The summed E-state index contributed by atoms with van der Waals surface area (Å²) in [5.41, 5.74) is 0.205. The lowest BCUT2D eigenvalue weighted by molar-refractivity contribution is 0.125. The molecule has 1 atom stereocenters. The number of hydrogen-bond acceptors (Lipinski definition) is 2. The van der Waals surface area contributed by atoms with Crippen LogP contribution in [-0.2, 0) is 0 Å². The van der Waals surface area contributed by atoms with Crippen LogP contribution in [0.15, 0.2) is 0 Å². The molecule has 0 spiro atoms. The van der Waals surface area contributed by atoms with Gasteiger partial charge in [-0.1, -0.05) is 51.9 Å². The normalized spacial score (nSPS) is 20.2. The molecule has 0 aromatic heterocycles. The molecule has 2 N–H and O–H groups in total. The first-order valence-electron chi connectivity index (χ1n) is 8.07. The van der Waals surface area contributed by atoms with Gasteiger partial charge in [-0.25, -0.2) is 0 Å². The van der Waals surface area contributed by atoms with Gasteiger partial charge in [-0.3, -0.25) is 0 Å². The fourth-order valence-corrected chi connectivity index (χ4v) is 3.06. The maximum Gasteiger partial charge on any atom is 0.0499 e. The lowest BCUT2D eigenvalue weighted by Crippen LogP contribution is -2.39. The van der Waals surface area contributed by atoms with Crippen LogP contribution < -0.4 is 5.32 Å². The third-order valence-corrected chi connectivity index (χ3v) is 4.57. The van der Waals surface area contributed by atoms with Crippen LogP contribution in [0.25, 0.3) is 0 Å². The molecule has 2 heteroatoms. The van der Waals surface area contributed by atoms with Crippen LogP contribution in [-0.4, -0.2) is 24.3 Å². The van der Waals surface area contributed by atoms with E-state index in [-0.39, 0.29) is 5.41 Å². The average molecular weight is 255 g/mol. The number of hydrogen-bond donors (Lipinski definition) is 2. The highest BCUT2D eigenvalue weighted by Crippen LogP contribution is 2.37. The molecule has 0 heterocycles. The summed E-state index contributed by atoms with van der Waals surface area (Å²) in [5, 5.41) is 13.2. The van der Waals surface area contributed by atoms with E-state index in [2.05, 4.69) is 19.2 Å². The first-order valence-corrected chi connectivity index (χ1v) is 8.07. The molecule has 1 fully saturated rings. The fourth-order valence-electron chi connectivity index (χ4n) is 3.06. The van der Waals surface area contributed by atoms with Crippen molar-refractivity contribution in [1.82, 2.24) is 5.32 Å². The van der Waals surface area contributed by atoms with E-state index in [9.17, 15) is 5.11 Å². The predicted octanol–water partition coefficient (Wildman–Crippen LogP) is 3.88. The monoisotopic (exact) mass is 255 g/mol. The lowest BCUT2D eigenvalue weighted by Gasteiger charge is -2.28. The van der Waals surface area contributed by atoms with Gasteiger partial charge in [0.2, 0.25) is 0 Å². The summed E-state index contributed by atoms with van der Waals surface area (Å²) in [5.74, 6) is 0. The van der Waals surface area contributed by atoms with Gasteiger partial charge >= 0.3 is 0 Å². The van der Waals surface area contributed by atoms with Gasteiger partial charge in [0, 0.05) is 24.6 Å². The number of aliphatic hydroxyl groups is 1. The van der Waals surface area contributed by atoms with Crippen LogP contribution in [0.4, 0.5) is 0 Å². The van der Waals surface area contributed by atoms with Crippen molar-refractivity contribution in [3.63, 3.8) is 0 Å². The van der Waals surface area contributed by atoms with E-state index in [1.807, 2.05) is 0 Å². The summed E-state index contributed by atoms with van der Waals surface area (Å²) in [6, 6.07) is 0.607. The van der Waals surface area contributed by atoms with Crippen LogP contribution >= 0.6 is 0 Å². The maximum atomic E-state index is 9.56. The Morgan fingerprint density at radius 3 is 2.39 bits per heavy atom. The number of aliphatic hydroxyl groups excluding tert-OH is 1. The minimum Gasteiger partial charge on any atom is -0.396 e. The molecule has 1 aliphatic carbocycles. The van der Waals surface area contributed by atoms with Gasteiger partial charge in [0.1, 0.15) is 0 Å². The van der Waals surface area contributed by atoms with E-state index >= 15 is 0 Å². The Labute approximate surface area is 114 Å². The Balaban J connectivity index is 2.06. The van der Waals surface area contributed by atoms with Crippen LogP contribution in [0, 0.1) is 5.41 Å². The highest BCUT2D eigenvalue weighted by Gasteiger charge is 2.32. The van der Waals surface area contributed by atoms with Gasteiger partial charge in [-0.05, 0) is 26.2 Å². The minimum absolute atomic E-state index is 0.205. The van der Waals surface area contributed by atoms with Crippen molar-refractivity contribution < 1.29 is 5.11 Å². The Morgan fingerprint density at radius 1 is 1.11 bits per heavy atom. The highest BCUT2D eigenvalue weighted by atomic mass is 16.3. The van der Waals surface area contributed by atoms with Gasteiger partial charge < -0.3 is 10.4 Å². The second-order valence-electron chi connectivity index (χ2n) is 6.35. The SMILES string of the molecule is CCCCCCCC(C)NCC1(CO)CCCC1. The Bertz CT molecular complexity index is 199. The molecule has 0 aromatic rings. The molecule has 2 nitrogen and oxygen atoms in total. The molecule has 0 saturated heterocycles. The first-order chi connectivity index (χ1) is 8.72. The molecule has 0 radical (unpaired) electrons. The second kappa shape index (κ2) is 8.92. The van der Waals surface area contributed by atoms with Crippen molar-refractivity contribution >= 4 is 0 Å². The topological polar surface area (TPSA) is 32.3 Å².